The number of oxazole rings is 1. The van der Waals surface area contributed by atoms with Crippen LogP contribution in [0.1, 0.15) is 81.2 Å². The Morgan fingerprint density at radius 3 is 2.80 bits per heavy atom. The van der Waals surface area contributed by atoms with Gasteiger partial charge in [-0.25, -0.2) is 4.98 Å². The summed E-state index contributed by atoms with van der Waals surface area (Å²) in [5.41, 5.74) is 6.53. The van der Waals surface area contributed by atoms with E-state index in [1.54, 1.807) is 0 Å². The first-order valence-electron chi connectivity index (χ1n) is 7.86. The van der Waals surface area contributed by atoms with Gasteiger partial charge in [0.05, 0.1) is 6.04 Å². The molecule has 1 saturated carbocycles. The van der Waals surface area contributed by atoms with E-state index >= 15 is 0 Å². The zero-order valence-corrected chi connectivity index (χ0v) is 12.6. The highest BCUT2D eigenvalue weighted by Crippen LogP contribution is 2.28. The quantitative estimate of drug-likeness (QED) is 0.802. The molecule has 0 bridgehead atoms. The van der Waals surface area contributed by atoms with Crippen molar-refractivity contribution in [2.24, 2.45) is 17.6 Å². The smallest absolute Gasteiger partial charge is 0.211 e. The lowest BCUT2D eigenvalue weighted by molar-refractivity contribution is 0.0945. The van der Waals surface area contributed by atoms with Gasteiger partial charge in [-0.15, -0.1) is 0 Å². The van der Waals surface area contributed by atoms with Crippen molar-refractivity contribution in [2.75, 3.05) is 0 Å². The molecule has 0 saturated heterocycles. The fraction of sp³-hybridized carbons (Fsp3) is 0.750. The van der Waals surface area contributed by atoms with Crippen molar-refractivity contribution in [1.82, 2.24) is 4.98 Å². The molecule has 1 aromatic rings. The Morgan fingerprint density at radius 1 is 1.45 bits per heavy atom. The Balaban J connectivity index is 1.95. The molecule has 2 atom stereocenters. The van der Waals surface area contributed by atoms with Crippen molar-refractivity contribution >= 4 is 5.78 Å². The second kappa shape index (κ2) is 7.02. The topological polar surface area (TPSA) is 69.1 Å². The van der Waals surface area contributed by atoms with Crippen LogP contribution in [0.25, 0.3) is 0 Å². The van der Waals surface area contributed by atoms with Gasteiger partial charge < -0.3 is 10.2 Å². The minimum absolute atomic E-state index is 0.100. The molecular weight excluding hydrogens is 252 g/mol. The second-order valence-electron chi connectivity index (χ2n) is 6.11. The third-order valence-electron chi connectivity index (χ3n) is 4.55. The van der Waals surface area contributed by atoms with Crippen molar-refractivity contribution in [3.63, 3.8) is 0 Å². The number of nitrogens with zero attached hydrogens (tertiary/aromatic N) is 1. The number of hydrogen-bond donors (Lipinski definition) is 1. The Kier molecular flexibility index (Phi) is 5.35. The number of ketones is 1. The summed E-state index contributed by atoms with van der Waals surface area (Å²) in [6, 6.07) is -0.226. The van der Waals surface area contributed by atoms with Gasteiger partial charge in [-0.1, -0.05) is 52.4 Å². The Bertz CT molecular complexity index is 435. The van der Waals surface area contributed by atoms with Crippen LogP contribution in [0.15, 0.2) is 10.7 Å². The lowest BCUT2D eigenvalue weighted by Gasteiger charge is -2.20. The van der Waals surface area contributed by atoms with Crippen LogP contribution in [0.4, 0.5) is 0 Å². The average molecular weight is 278 g/mol. The first-order chi connectivity index (χ1) is 9.61. The molecule has 1 heterocycles. The standard InChI is InChI=1S/C16H26N2O2/c1-3-11(2)15(17)16-18-13(10-20-16)14(19)9-12-7-5-4-6-8-12/h10-12,15H,3-9,17H2,1-2H3/t11?,15-/m0/s1. The predicted molar refractivity (Wildman–Crippen MR) is 78.4 cm³/mol. The maximum Gasteiger partial charge on any atom is 0.211 e. The molecule has 1 aliphatic rings. The molecule has 1 aliphatic carbocycles. The van der Waals surface area contributed by atoms with Gasteiger partial charge in [-0.2, -0.15) is 0 Å². The van der Waals surface area contributed by atoms with Crippen LogP contribution in [0, 0.1) is 11.8 Å². The van der Waals surface area contributed by atoms with Crippen molar-refractivity contribution in [3.8, 4) is 0 Å². The van der Waals surface area contributed by atoms with Crippen molar-refractivity contribution in [1.29, 1.82) is 0 Å². The van der Waals surface area contributed by atoms with Crippen molar-refractivity contribution < 1.29 is 9.21 Å². The lowest BCUT2D eigenvalue weighted by atomic mass is 9.85. The zero-order chi connectivity index (χ0) is 14.5. The third-order valence-corrected chi connectivity index (χ3v) is 4.55. The molecule has 4 heteroatoms. The van der Waals surface area contributed by atoms with Gasteiger partial charge in [0.1, 0.15) is 12.0 Å². The van der Waals surface area contributed by atoms with E-state index in [9.17, 15) is 4.79 Å². The van der Waals surface area contributed by atoms with Gasteiger partial charge in [-0.05, 0) is 11.8 Å². The minimum Gasteiger partial charge on any atom is -0.446 e. The van der Waals surface area contributed by atoms with Gasteiger partial charge >= 0.3 is 0 Å². The molecule has 0 radical (unpaired) electrons. The summed E-state index contributed by atoms with van der Waals surface area (Å²) in [5.74, 6) is 1.42. The van der Waals surface area contributed by atoms with Crippen LogP contribution < -0.4 is 5.73 Å². The van der Waals surface area contributed by atoms with Crippen LogP contribution >= 0.6 is 0 Å². The molecule has 0 aromatic carbocycles. The first kappa shape index (κ1) is 15.2. The molecule has 1 aromatic heterocycles. The predicted octanol–water partition coefficient (Wildman–Crippen LogP) is 3.87. The van der Waals surface area contributed by atoms with Gasteiger partial charge in [0, 0.05) is 6.42 Å². The van der Waals surface area contributed by atoms with Crippen LogP contribution in [-0.4, -0.2) is 10.8 Å². The number of carbonyl (C=O) groups is 1. The van der Waals surface area contributed by atoms with Crippen LogP contribution in [0.3, 0.4) is 0 Å². The van der Waals surface area contributed by atoms with Crippen LogP contribution in [0.5, 0.6) is 0 Å². The molecule has 1 fully saturated rings. The Labute approximate surface area is 121 Å². The van der Waals surface area contributed by atoms with Gasteiger partial charge in [0.25, 0.3) is 0 Å². The third kappa shape index (κ3) is 3.69. The van der Waals surface area contributed by atoms with E-state index in [4.69, 9.17) is 10.2 Å². The summed E-state index contributed by atoms with van der Waals surface area (Å²) >= 11 is 0. The van der Waals surface area contributed by atoms with E-state index in [-0.39, 0.29) is 11.8 Å². The molecule has 112 valence electrons. The maximum atomic E-state index is 12.2. The zero-order valence-electron chi connectivity index (χ0n) is 12.6. The number of Topliss-reactive ketones (excluding diaryl/α,β-unsaturated/α-hetero) is 1. The number of rotatable bonds is 6. The van der Waals surface area contributed by atoms with E-state index in [1.165, 1.54) is 38.4 Å². The monoisotopic (exact) mass is 278 g/mol. The molecule has 20 heavy (non-hydrogen) atoms. The highest BCUT2D eigenvalue weighted by atomic mass is 16.3. The average Bonchev–Trinajstić information content (AvgIpc) is 2.96. The molecule has 1 unspecified atom stereocenters. The van der Waals surface area contributed by atoms with E-state index in [2.05, 4.69) is 18.8 Å². The summed E-state index contributed by atoms with van der Waals surface area (Å²) in [5, 5.41) is 0. The SMILES string of the molecule is CCC(C)[C@H](N)c1nc(C(=O)CC2CCCCC2)co1. The fourth-order valence-corrected chi connectivity index (χ4v) is 2.82. The van der Waals surface area contributed by atoms with E-state index in [0.717, 1.165) is 6.42 Å². The summed E-state index contributed by atoms with van der Waals surface area (Å²) < 4.78 is 5.40. The molecule has 0 spiro atoms. The molecule has 0 aliphatic heterocycles. The van der Waals surface area contributed by atoms with E-state index < -0.39 is 0 Å². The second-order valence-corrected chi connectivity index (χ2v) is 6.11. The highest BCUT2D eigenvalue weighted by Gasteiger charge is 2.23. The Hall–Kier alpha value is -1.16. The summed E-state index contributed by atoms with van der Waals surface area (Å²) in [6.07, 6.45) is 9.19. The number of nitrogens with two attached hydrogens (primary N) is 1. The minimum atomic E-state index is -0.226. The summed E-state index contributed by atoms with van der Waals surface area (Å²) in [7, 11) is 0. The summed E-state index contributed by atoms with van der Waals surface area (Å²) in [6.45, 7) is 4.15. The fourth-order valence-electron chi connectivity index (χ4n) is 2.82. The number of hydrogen-bond acceptors (Lipinski definition) is 4. The van der Waals surface area contributed by atoms with Crippen LogP contribution in [-0.2, 0) is 0 Å². The number of aromatic nitrogens is 1. The van der Waals surface area contributed by atoms with Gasteiger partial charge in [-0.3, -0.25) is 4.79 Å². The van der Waals surface area contributed by atoms with Crippen LogP contribution in [0.2, 0.25) is 0 Å². The first-order valence-corrected chi connectivity index (χ1v) is 7.86. The largest absolute Gasteiger partial charge is 0.446 e. The molecule has 2 N–H and O–H groups in total. The van der Waals surface area contributed by atoms with E-state index in [0.29, 0.717) is 29.8 Å². The normalized spacial score (nSPS) is 19.8. The summed E-state index contributed by atoms with van der Waals surface area (Å²) in [4.78, 5) is 16.5. The van der Waals surface area contributed by atoms with Gasteiger partial charge in [0.15, 0.2) is 5.78 Å². The van der Waals surface area contributed by atoms with Gasteiger partial charge in [0.2, 0.25) is 5.89 Å². The van der Waals surface area contributed by atoms with Crippen molar-refractivity contribution in [2.45, 2.75) is 64.8 Å². The number of carbonyl (C=O) groups excluding carboxylic acids is 1. The molecular formula is C16H26N2O2. The molecule has 4 nitrogen and oxygen atoms in total. The van der Waals surface area contributed by atoms with E-state index in [1.807, 2.05) is 0 Å². The Morgan fingerprint density at radius 2 is 2.15 bits per heavy atom. The lowest BCUT2D eigenvalue weighted by Crippen LogP contribution is -2.19. The molecule has 2 rings (SSSR count). The highest BCUT2D eigenvalue weighted by molar-refractivity contribution is 5.94. The van der Waals surface area contributed by atoms with Crippen molar-refractivity contribution in [3.05, 3.63) is 17.8 Å². The molecule has 0 amide bonds. The maximum absolute atomic E-state index is 12.2.